The first-order valence-electron chi connectivity index (χ1n) is 4.83. The molecule has 0 aromatic heterocycles. The van der Waals surface area contributed by atoms with Crippen molar-refractivity contribution in [3.63, 3.8) is 0 Å². The van der Waals surface area contributed by atoms with Crippen LogP contribution in [-0.2, 0) is 0 Å². The third-order valence-corrected chi connectivity index (χ3v) is 2.37. The number of halogens is 2. The summed E-state index contributed by atoms with van der Waals surface area (Å²) in [7, 11) is 0. The van der Waals surface area contributed by atoms with Crippen molar-refractivity contribution in [1.82, 2.24) is 5.32 Å². The predicted octanol–water partition coefficient (Wildman–Crippen LogP) is 2.59. The second-order valence-electron chi connectivity index (χ2n) is 3.77. The molecule has 0 saturated heterocycles. The minimum atomic E-state index is -2.37. The van der Waals surface area contributed by atoms with E-state index in [1.807, 2.05) is 6.08 Å². The summed E-state index contributed by atoms with van der Waals surface area (Å²) in [6.45, 7) is 5.27. The van der Waals surface area contributed by atoms with Crippen LogP contribution in [0.3, 0.4) is 0 Å². The van der Waals surface area contributed by atoms with Gasteiger partial charge in [-0.15, -0.1) is 6.58 Å². The van der Waals surface area contributed by atoms with Gasteiger partial charge in [0.1, 0.15) is 0 Å². The average molecular weight is 189 g/mol. The third-order valence-electron chi connectivity index (χ3n) is 2.37. The van der Waals surface area contributed by atoms with Crippen molar-refractivity contribution in [1.29, 1.82) is 0 Å². The van der Waals surface area contributed by atoms with Gasteiger partial charge in [0.05, 0.1) is 0 Å². The Balaban J connectivity index is 1.88. The van der Waals surface area contributed by atoms with Crippen LogP contribution in [-0.4, -0.2) is 19.0 Å². The third kappa shape index (κ3) is 3.85. The largest absolute Gasteiger partial charge is 0.316 e. The standard InChI is InChI=1S/C10H17F2N/c1-2-3-4-5-13-8-9-6-10(11,12)7-9/h2,9,13H,1,3-8H2. The van der Waals surface area contributed by atoms with Crippen molar-refractivity contribution in [3.05, 3.63) is 12.7 Å². The van der Waals surface area contributed by atoms with Crippen molar-refractivity contribution in [3.8, 4) is 0 Å². The van der Waals surface area contributed by atoms with E-state index in [4.69, 9.17) is 0 Å². The summed E-state index contributed by atoms with van der Waals surface area (Å²) in [5.41, 5.74) is 0. The van der Waals surface area contributed by atoms with Gasteiger partial charge in [-0.2, -0.15) is 0 Å². The molecule has 0 unspecified atom stereocenters. The molecule has 3 heteroatoms. The van der Waals surface area contributed by atoms with Gasteiger partial charge in [-0.3, -0.25) is 0 Å². The number of nitrogens with one attached hydrogen (secondary N) is 1. The lowest BCUT2D eigenvalue weighted by Crippen LogP contribution is -2.41. The SMILES string of the molecule is C=CCCCNCC1CC(F)(F)C1. The molecule has 0 aromatic rings. The zero-order chi connectivity index (χ0) is 9.73. The molecular formula is C10H17F2N. The molecule has 1 aliphatic carbocycles. The lowest BCUT2D eigenvalue weighted by Gasteiger charge is -2.35. The summed E-state index contributed by atoms with van der Waals surface area (Å²) in [6.07, 6.45) is 4.06. The number of rotatable bonds is 6. The van der Waals surface area contributed by atoms with Gasteiger partial charge < -0.3 is 5.32 Å². The Morgan fingerprint density at radius 1 is 1.46 bits per heavy atom. The van der Waals surface area contributed by atoms with Crippen LogP contribution >= 0.6 is 0 Å². The highest BCUT2D eigenvalue weighted by Crippen LogP contribution is 2.41. The molecule has 0 amide bonds. The first kappa shape index (κ1) is 10.6. The second kappa shape index (κ2) is 4.70. The Kier molecular flexibility index (Phi) is 3.85. The Bertz CT molecular complexity index is 160. The highest BCUT2D eigenvalue weighted by atomic mass is 19.3. The summed E-state index contributed by atoms with van der Waals surface area (Å²) >= 11 is 0. The molecule has 0 spiro atoms. The van der Waals surface area contributed by atoms with Crippen LogP contribution in [0.5, 0.6) is 0 Å². The molecule has 1 N–H and O–H groups in total. The molecule has 1 fully saturated rings. The Labute approximate surface area is 78.2 Å². The topological polar surface area (TPSA) is 12.0 Å². The molecule has 0 radical (unpaired) electrons. The van der Waals surface area contributed by atoms with Crippen molar-refractivity contribution in [2.24, 2.45) is 5.92 Å². The molecule has 0 bridgehead atoms. The average Bonchev–Trinajstić information content (AvgIpc) is 2.00. The van der Waals surface area contributed by atoms with E-state index in [2.05, 4.69) is 11.9 Å². The smallest absolute Gasteiger partial charge is 0.248 e. The maximum atomic E-state index is 12.4. The van der Waals surface area contributed by atoms with Crippen molar-refractivity contribution in [2.45, 2.75) is 31.6 Å². The fourth-order valence-corrected chi connectivity index (χ4v) is 1.61. The van der Waals surface area contributed by atoms with E-state index in [9.17, 15) is 8.78 Å². The molecule has 76 valence electrons. The second-order valence-corrected chi connectivity index (χ2v) is 3.77. The molecule has 1 rings (SSSR count). The van der Waals surface area contributed by atoms with Crippen LogP contribution in [0.25, 0.3) is 0 Å². The number of hydrogen-bond acceptors (Lipinski definition) is 1. The number of unbranched alkanes of at least 4 members (excludes halogenated alkanes) is 1. The van der Waals surface area contributed by atoms with Crippen LogP contribution in [0.1, 0.15) is 25.7 Å². The maximum absolute atomic E-state index is 12.4. The Morgan fingerprint density at radius 2 is 2.15 bits per heavy atom. The molecule has 0 aliphatic heterocycles. The normalized spacial score (nSPS) is 21.1. The van der Waals surface area contributed by atoms with E-state index >= 15 is 0 Å². The molecule has 13 heavy (non-hydrogen) atoms. The molecule has 0 aromatic carbocycles. The molecule has 1 nitrogen and oxygen atoms in total. The van der Waals surface area contributed by atoms with Crippen LogP contribution in [0.2, 0.25) is 0 Å². The van der Waals surface area contributed by atoms with Crippen LogP contribution in [0.4, 0.5) is 8.78 Å². The summed E-state index contributed by atoms with van der Waals surface area (Å²) in [4.78, 5) is 0. The van der Waals surface area contributed by atoms with Gasteiger partial charge in [-0.25, -0.2) is 8.78 Å². The maximum Gasteiger partial charge on any atom is 0.248 e. The molecule has 1 aliphatic rings. The monoisotopic (exact) mass is 189 g/mol. The van der Waals surface area contributed by atoms with Gasteiger partial charge in [-0.05, 0) is 31.8 Å². The minimum Gasteiger partial charge on any atom is -0.316 e. The van der Waals surface area contributed by atoms with Gasteiger partial charge in [0.2, 0.25) is 5.92 Å². The molecule has 0 atom stereocenters. The van der Waals surface area contributed by atoms with E-state index in [-0.39, 0.29) is 18.8 Å². The lowest BCUT2D eigenvalue weighted by atomic mass is 9.81. The minimum absolute atomic E-state index is 0.0709. The quantitative estimate of drug-likeness (QED) is 0.500. The zero-order valence-electron chi connectivity index (χ0n) is 7.86. The first-order valence-corrected chi connectivity index (χ1v) is 4.83. The van der Waals surface area contributed by atoms with E-state index in [0.717, 1.165) is 25.9 Å². The fourth-order valence-electron chi connectivity index (χ4n) is 1.61. The fraction of sp³-hybridized carbons (Fsp3) is 0.800. The molecule has 0 heterocycles. The van der Waals surface area contributed by atoms with Gasteiger partial charge in [-0.1, -0.05) is 6.08 Å². The Morgan fingerprint density at radius 3 is 2.69 bits per heavy atom. The highest BCUT2D eigenvalue weighted by molar-refractivity contribution is 4.87. The summed E-state index contributed by atoms with van der Waals surface area (Å²) in [5.74, 6) is -2.17. The zero-order valence-corrected chi connectivity index (χ0v) is 7.86. The molecule has 1 saturated carbocycles. The summed E-state index contributed by atoms with van der Waals surface area (Å²) in [6, 6.07) is 0. The van der Waals surface area contributed by atoms with Crippen LogP contribution in [0, 0.1) is 5.92 Å². The van der Waals surface area contributed by atoms with E-state index in [0.29, 0.717) is 0 Å². The Hall–Kier alpha value is -0.440. The lowest BCUT2D eigenvalue weighted by molar-refractivity contribution is -0.109. The van der Waals surface area contributed by atoms with Gasteiger partial charge >= 0.3 is 0 Å². The van der Waals surface area contributed by atoms with E-state index < -0.39 is 5.92 Å². The van der Waals surface area contributed by atoms with Gasteiger partial charge in [0, 0.05) is 12.8 Å². The summed E-state index contributed by atoms with van der Waals surface area (Å²) in [5, 5.41) is 3.18. The first-order chi connectivity index (χ1) is 6.14. The van der Waals surface area contributed by atoms with Gasteiger partial charge in [0.25, 0.3) is 0 Å². The van der Waals surface area contributed by atoms with Gasteiger partial charge in [0.15, 0.2) is 0 Å². The molecular weight excluding hydrogens is 172 g/mol. The summed E-state index contributed by atoms with van der Waals surface area (Å²) < 4.78 is 24.8. The van der Waals surface area contributed by atoms with Crippen molar-refractivity contribution in [2.75, 3.05) is 13.1 Å². The van der Waals surface area contributed by atoms with Crippen LogP contribution < -0.4 is 5.32 Å². The number of hydrogen-bond donors (Lipinski definition) is 1. The van der Waals surface area contributed by atoms with Crippen molar-refractivity contribution >= 4 is 0 Å². The van der Waals surface area contributed by atoms with E-state index in [1.54, 1.807) is 0 Å². The number of allylic oxidation sites excluding steroid dienone is 1. The number of alkyl halides is 2. The van der Waals surface area contributed by atoms with Crippen molar-refractivity contribution < 1.29 is 8.78 Å². The highest BCUT2D eigenvalue weighted by Gasteiger charge is 2.44. The van der Waals surface area contributed by atoms with Crippen LogP contribution in [0.15, 0.2) is 12.7 Å². The van der Waals surface area contributed by atoms with E-state index in [1.165, 1.54) is 0 Å². The predicted molar refractivity (Wildman–Crippen MR) is 50.0 cm³/mol.